The average molecular weight is 245 g/mol. The van der Waals surface area contributed by atoms with E-state index >= 15 is 0 Å². The minimum Gasteiger partial charge on any atom is -1.00 e. The van der Waals surface area contributed by atoms with Crippen LogP contribution in [0.15, 0.2) is 22.8 Å². The minimum atomic E-state index is -0.352. The van der Waals surface area contributed by atoms with Gasteiger partial charge in [0.1, 0.15) is 6.10 Å². The number of carbonyl (C=O) groups is 1. The van der Waals surface area contributed by atoms with E-state index < -0.39 is 0 Å². The maximum atomic E-state index is 11.5. The van der Waals surface area contributed by atoms with Crippen molar-refractivity contribution in [2.24, 2.45) is 0 Å². The number of halogens is 1. The molecule has 1 aromatic heterocycles. The summed E-state index contributed by atoms with van der Waals surface area (Å²) in [4.78, 5) is 13.8. The fraction of sp³-hybridized carbons (Fsp3) is 0.545. The van der Waals surface area contributed by atoms with Gasteiger partial charge in [0.15, 0.2) is 0 Å². The van der Waals surface area contributed by atoms with Crippen molar-refractivity contribution in [3.05, 3.63) is 24.2 Å². The highest BCUT2D eigenvalue weighted by Gasteiger charge is 2.21. The Labute approximate surface area is 101 Å². The fourth-order valence-electron chi connectivity index (χ4n) is 1.71. The van der Waals surface area contributed by atoms with Gasteiger partial charge in [-0.25, -0.2) is 4.79 Å². The van der Waals surface area contributed by atoms with Crippen molar-refractivity contribution in [3.63, 3.8) is 0 Å². The molecule has 16 heavy (non-hydrogen) atoms. The molecule has 0 atom stereocenters. The maximum Gasteiger partial charge on any atom is 0.374 e. The van der Waals surface area contributed by atoms with E-state index in [0.717, 1.165) is 25.9 Å². The number of rotatable bonds is 2. The Bertz CT molecular complexity index is 318. The molecule has 2 heterocycles. The van der Waals surface area contributed by atoms with Crippen LogP contribution in [0, 0.1) is 0 Å². The molecule has 90 valence electrons. The lowest BCUT2D eigenvalue weighted by molar-refractivity contribution is -0.0000751. The van der Waals surface area contributed by atoms with Gasteiger partial charge in [-0.2, -0.15) is 0 Å². The van der Waals surface area contributed by atoms with Crippen molar-refractivity contribution in [1.82, 2.24) is 4.90 Å². The molecule has 1 fully saturated rings. The van der Waals surface area contributed by atoms with E-state index in [0.29, 0.717) is 0 Å². The van der Waals surface area contributed by atoms with Gasteiger partial charge in [-0.3, -0.25) is 0 Å². The van der Waals surface area contributed by atoms with E-state index in [4.69, 9.17) is 9.15 Å². The molecule has 0 spiro atoms. The van der Waals surface area contributed by atoms with E-state index in [1.165, 1.54) is 6.26 Å². The van der Waals surface area contributed by atoms with Crippen LogP contribution in [0.4, 0.5) is 0 Å². The Kier molecular flexibility index (Phi) is 4.83. The lowest BCUT2D eigenvalue weighted by atomic mass is 10.1. The Morgan fingerprint density at radius 1 is 1.50 bits per heavy atom. The summed E-state index contributed by atoms with van der Waals surface area (Å²) in [6.07, 6.45) is 3.33. The van der Waals surface area contributed by atoms with Crippen LogP contribution in [0.1, 0.15) is 23.4 Å². The molecule has 5 heteroatoms. The smallest absolute Gasteiger partial charge is 0.374 e. The van der Waals surface area contributed by atoms with E-state index in [1.807, 2.05) is 0 Å². The predicted octanol–water partition coefficient (Wildman–Crippen LogP) is -1.47. The molecule has 0 amide bonds. The van der Waals surface area contributed by atoms with Gasteiger partial charge in [-0.05, 0) is 32.0 Å². The molecule has 0 N–H and O–H groups in total. The highest BCUT2D eigenvalue weighted by atomic mass is 35.5. The summed E-state index contributed by atoms with van der Waals surface area (Å²) in [5.41, 5.74) is 0. The van der Waals surface area contributed by atoms with Gasteiger partial charge < -0.3 is 26.5 Å². The molecule has 0 bridgehead atoms. The van der Waals surface area contributed by atoms with Gasteiger partial charge in [-0.15, -0.1) is 0 Å². The topological polar surface area (TPSA) is 42.7 Å². The molecule has 0 saturated carbocycles. The number of ether oxygens (including phenoxy) is 1. The number of carbonyl (C=O) groups excluding carboxylic acids is 1. The van der Waals surface area contributed by atoms with Gasteiger partial charge in [-0.1, -0.05) is 0 Å². The van der Waals surface area contributed by atoms with Crippen LogP contribution in [-0.4, -0.2) is 37.1 Å². The average Bonchev–Trinajstić information content (AvgIpc) is 2.74. The van der Waals surface area contributed by atoms with Gasteiger partial charge >= 0.3 is 5.97 Å². The Balaban J connectivity index is 0.00000128. The number of hydrogen-bond donors (Lipinski definition) is 0. The summed E-state index contributed by atoms with van der Waals surface area (Å²) in [5.74, 6) is -0.0662. The normalized spacial score (nSPS) is 17.8. The van der Waals surface area contributed by atoms with Crippen LogP contribution in [0.2, 0.25) is 0 Å². The van der Waals surface area contributed by atoms with Crippen LogP contribution in [0.3, 0.4) is 0 Å². The second kappa shape index (κ2) is 5.92. The number of furan rings is 1. The molecule has 0 unspecified atom stereocenters. The first-order chi connectivity index (χ1) is 7.25. The van der Waals surface area contributed by atoms with E-state index in [1.54, 1.807) is 12.1 Å². The molecule has 1 aliphatic heterocycles. The summed E-state index contributed by atoms with van der Waals surface area (Å²) in [7, 11) is 2.07. The van der Waals surface area contributed by atoms with Crippen molar-refractivity contribution in [1.29, 1.82) is 0 Å². The maximum absolute atomic E-state index is 11.5. The SMILES string of the molecule is CN1CCC(OC(=O)c2ccco2)CC1.[Cl-]. The highest BCUT2D eigenvalue weighted by Crippen LogP contribution is 2.14. The Morgan fingerprint density at radius 2 is 2.19 bits per heavy atom. The third-order valence-corrected chi connectivity index (χ3v) is 2.66. The van der Waals surface area contributed by atoms with Crippen molar-refractivity contribution in [3.8, 4) is 0 Å². The van der Waals surface area contributed by atoms with Crippen molar-refractivity contribution < 1.29 is 26.4 Å². The molecule has 0 radical (unpaired) electrons. The lowest BCUT2D eigenvalue weighted by Gasteiger charge is -2.28. The number of likely N-dealkylation sites (tertiary alicyclic amines) is 1. The molecule has 1 aliphatic rings. The summed E-state index contributed by atoms with van der Waals surface area (Å²) in [6.45, 7) is 1.96. The molecule has 1 aromatic rings. The zero-order chi connectivity index (χ0) is 10.7. The first-order valence-corrected chi connectivity index (χ1v) is 5.19. The van der Waals surface area contributed by atoms with Crippen LogP contribution < -0.4 is 12.4 Å². The summed E-state index contributed by atoms with van der Waals surface area (Å²) < 4.78 is 10.3. The van der Waals surface area contributed by atoms with Gasteiger partial charge in [0.05, 0.1) is 6.26 Å². The van der Waals surface area contributed by atoms with Crippen molar-refractivity contribution >= 4 is 5.97 Å². The molecule has 0 aliphatic carbocycles. The van der Waals surface area contributed by atoms with Gasteiger partial charge in [0.2, 0.25) is 5.76 Å². The second-order valence-electron chi connectivity index (χ2n) is 3.89. The van der Waals surface area contributed by atoms with Crippen LogP contribution in [0.25, 0.3) is 0 Å². The van der Waals surface area contributed by atoms with Crippen molar-refractivity contribution in [2.75, 3.05) is 20.1 Å². The summed E-state index contributed by atoms with van der Waals surface area (Å²) in [6, 6.07) is 3.31. The standard InChI is InChI=1S/C11H15NO3.ClH/c1-12-6-4-9(5-7-12)15-11(13)10-3-2-8-14-10;/h2-3,8-9H,4-7H2,1H3;1H/p-1. The Hall–Kier alpha value is -1.00. The second-order valence-corrected chi connectivity index (χ2v) is 3.89. The first-order valence-electron chi connectivity index (χ1n) is 5.19. The lowest BCUT2D eigenvalue weighted by Crippen LogP contribution is -3.00. The number of piperidine rings is 1. The molecule has 4 nitrogen and oxygen atoms in total. The molecule has 2 rings (SSSR count). The third-order valence-electron chi connectivity index (χ3n) is 2.66. The van der Waals surface area contributed by atoms with Gasteiger partial charge in [0.25, 0.3) is 0 Å². The molecular formula is C11H15ClNO3-. The largest absolute Gasteiger partial charge is 1.00 e. The molecule has 0 aromatic carbocycles. The fourth-order valence-corrected chi connectivity index (χ4v) is 1.71. The first kappa shape index (κ1) is 13.1. The molecular weight excluding hydrogens is 230 g/mol. The third kappa shape index (κ3) is 3.25. The summed E-state index contributed by atoms with van der Waals surface area (Å²) in [5, 5.41) is 0. The van der Waals surface area contributed by atoms with Crippen molar-refractivity contribution in [2.45, 2.75) is 18.9 Å². The van der Waals surface area contributed by atoms with Gasteiger partial charge in [0, 0.05) is 13.1 Å². The number of esters is 1. The van der Waals surface area contributed by atoms with Crippen LogP contribution >= 0.6 is 0 Å². The molecule has 1 saturated heterocycles. The van der Waals surface area contributed by atoms with E-state index in [9.17, 15) is 4.79 Å². The number of hydrogen-bond acceptors (Lipinski definition) is 4. The predicted molar refractivity (Wildman–Crippen MR) is 54.6 cm³/mol. The highest BCUT2D eigenvalue weighted by molar-refractivity contribution is 5.86. The zero-order valence-electron chi connectivity index (χ0n) is 9.19. The zero-order valence-corrected chi connectivity index (χ0v) is 9.94. The summed E-state index contributed by atoms with van der Waals surface area (Å²) >= 11 is 0. The number of nitrogens with zero attached hydrogens (tertiary/aromatic N) is 1. The van der Waals surface area contributed by atoms with E-state index in [2.05, 4.69) is 11.9 Å². The van der Waals surface area contributed by atoms with E-state index in [-0.39, 0.29) is 30.2 Å². The quantitative estimate of drug-likeness (QED) is 0.596. The van der Waals surface area contributed by atoms with Crippen LogP contribution in [-0.2, 0) is 4.74 Å². The minimum absolute atomic E-state index is 0. The van der Waals surface area contributed by atoms with Crippen LogP contribution in [0.5, 0.6) is 0 Å². The Morgan fingerprint density at radius 3 is 2.75 bits per heavy atom. The monoisotopic (exact) mass is 244 g/mol.